The minimum absolute atomic E-state index is 0. The Balaban J connectivity index is 0.00000225. The van der Waals surface area contributed by atoms with Gasteiger partial charge in [0.2, 0.25) is 0 Å². The normalized spacial score (nSPS) is 20.9. The molecule has 2 heterocycles. The Bertz CT molecular complexity index is 528. The maximum Gasteiger partial charge on any atom is 0.191 e. The molecule has 0 aliphatic carbocycles. The van der Waals surface area contributed by atoms with Gasteiger partial charge in [-0.25, -0.2) is 0 Å². The summed E-state index contributed by atoms with van der Waals surface area (Å²) in [5.74, 6) is 3.05. The first-order chi connectivity index (χ1) is 11.7. The zero-order valence-electron chi connectivity index (χ0n) is 15.0. The first kappa shape index (κ1) is 20.6. The number of para-hydroxylation sites is 1. The van der Waals surface area contributed by atoms with Crippen LogP contribution < -0.4 is 10.6 Å². The lowest BCUT2D eigenvalue weighted by Crippen LogP contribution is -2.50. The average molecular weight is 475 g/mol. The number of aliphatic imine (C=N–C) groups is 1. The molecule has 1 aromatic rings. The summed E-state index contributed by atoms with van der Waals surface area (Å²) in [5.41, 5.74) is 7.49. The highest BCUT2D eigenvalue weighted by atomic mass is 127. The standard InChI is InChI=1S/C18H29N5S.HI/c1-16(15-20-18(19)23-11-13-24-14-12-23)21-7-9-22(10-8-21)17-5-3-2-4-6-17;/h2-6,16H,7-15H2,1H3,(H2,19,20);1H. The zero-order chi connectivity index (χ0) is 16.8. The lowest BCUT2D eigenvalue weighted by molar-refractivity contribution is 0.201. The van der Waals surface area contributed by atoms with E-state index in [2.05, 4.69) is 56.9 Å². The summed E-state index contributed by atoms with van der Waals surface area (Å²) in [7, 11) is 0. The van der Waals surface area contributed by atoms with Gasteiger partial charge in [0.1, 0.15) is 0 Å². The number of benzene rings is 1. The summed E-state index contributed by atoms with van der Waals surface area (Å²) < 4.78 is 0. The van der Waals surface area contributed by atoms with Gasteiger partial charge in [-0.2, -0.15) is 11.8 Å². The van der Waals surface area contributed by atoms with Gasteiger partial charge < -0.3 is 15.5 Å². The number of piperazine rings is 1. The third kappa shape index (κ3) is 5.92. The van der Waals surface area contributed by atoms with Crippen LogP contribution in [0.5, 0.6) is 0 Å². The van der Waals surface area contributed by atoms with Crippen molar-refractivity contribution >= 4 is 47.4 Å². The van der Waals surface area contributed by atoms with Crippen LogP contribution in [0.3, 0.4) is 0 Å². The van der Waals surface area contributed by atoms with Crippen LogP contribution in [0.15, 0.2) is 35.3 Å². The molecule has 2 saturated heterocycles. The van der Waals surface area contributed by atoms with Crippen LogP contribution in [0.1, 0.15) is 6.92 Å². The fraction of sp³-hybridized carbons (Fsp3) is 0.611. The molecule has 1 aromatic carbocycles. The van der Waals surface area contributed by atoms with Crippen LogP contribution in [0.2, 0.25) is 0 Å². The van der Waals surface area contributed by atoms with E-state index in [1.165, 1.54) is 5.69 Å². The van der Waals surface area contributed by atoms with Crippen LogP contribution in [0.4, 0.5) is 5.69 Å². The van der Waals surface area contributed by atoms with Crippen molar-refractivity contribution in [2.45, 2.75) is 13.0 Å². The molecule has 2 N–H and O–H groups in total. The van der Waals surface area contributed by atoms with Gasteiger partial charge in [0, 0.05) is 62.5 Å². The molecule has 1 unspecified atom stereocenters. The fourth-order valence-electron chi connectivity index (χ4n) is 3.29. The zero-order valence-corrected chi connectivity index (χ0v) is 18.2. The number of thioether (sulfide) groups is 1. The summed E-state index contributed by atoms with van der Waals surface area (Å²) in [6.45, 7) is 9.46. The smallest absolute Gasteiger partial charge is 0.191 e. The predicted molar refractivity (Wildman–Crippen MR) is 120 cm³/mol. The van der Waals surface area contributed by atoms with Gasteiger partial charge in [-0.3, -0.25) is 9.89 Å². The van der Waals surface area contributed by atoms with Gasteiger partial charge in [-0.15, -0.1) is 24.0 Å². The summed E-state index contributed by atoms with van der Waals surface area (Å²) in [5, 5.41) is 0. The first-order valence-corrected chi connectivity index (χ1v) is 10.1. The highest BCUT2D eigenvalue weighted by Gasteiger charge is 2.21. The molecular weight excluding hydrogens is 445 g/mol. The van der Waals surface area contributed by atoms with E-state index in [0.29, 0.717) is 6.04 Å². The highest BCUT2D eigenvalue weighted by molar-refractivity contribution is 14.0. The number of guanidine groups is 1. The summed E-state index contributed by atoms with van der Waals surface area (Å²) >= 11 is 2.00. The minimum Gasteiger partial charge on any atom is -0.370 e. The molecule has 2 fully saturated rings. The molecule has 2 aliphatic heterocycles. The van der Waals surface area contributed by atoms with Gasteiger partial charge >= 0.3 is 0 Å². The summed E-state index contributed by atoms with van der Waals surface area (Å²) in [4.78, 5) is 11.9. The molecule has 0 aromatic heterocycles. The first-order valence-electron chi connectivity index (χ1n) is 8.90. The second-order valence-corrected chi connectivity index (χ2v) is 7.73. The Labute approximate surface area is 173 Å². The molecule has 7 heteroatoms. The molecule has 5 nitrogen and oxygen atoms in total. The molecular formula is C18H30IN5S. The molecule has 1 atom stereocenters. The van der Waals surface area contributed by atoms with Crippen LogP contribution in [0, 0.1) is 0 Å². The lowest BCUT2D eigenvalue weighted by atomic mass is 10.2. The van der Waals surface area contributed by atoms with E-state index in [-0.39, 0.29) is 24.0 Å². The molecule has 0 saturated carbocycles. The predicted octanol–water partition coefficient (Wildman–Crippen LogP) is 2.18. The number of halogens is 1. The second-order valence-electron chi connectivity index (χ2n) is 6.51. The Hall–Kier alpha value is -0.670. The average Bonchev–Trinajstić information content (AvgIpc) is 2.67. The van der Waals surface area contributed by atoms with Crippen LogP contribution >= 0.6 is 35.7 Å². The third-order valence-corrected chi connectivity index (χ3v) is 5.85. The Morgan fingerprint density at radius 2 is 1.72 bits per heavy atom. The second kappa shape index (κ2) is 10.5. The third-order valence-electron chi connectivity index (χ3n) is 4.91. The minimum atomic E-state index is 0. The largest absolute Gasteiger partial charge is 0.370 e. The lowest BCUT2D eigenvalue weighted by Gasteiger charge is -2.38. The number of hydrogen-bond acceptors (Lipinski definition) is 4. The van der Waals surface area contributed by atoms with Crippen molar-refractivity contribution in [3.63, 3.8) is 0 Å². The fourth-order valence-corrected chi connectivity index (χ4v) is 4.20. The molecule has 0 radical (unpaired) electrons. The monoisotopic (exact) mass is 475 g/mol. The van der Waals surface area contributed by atoms with Crippen molar-refractivity contribution < 1.29 is 0 Å². The van der Waals surface area contributed by atoms with Gasteiger partial charge in [-0.1, -0.05) is 18.2 Å². The molecule has 0 amide bonds. The summed E-state index contributed by atoms with van der Waals surface area (Å²) in [6, 6.07) is 11.1. The highest BCUT2D eigenvalue weighted by Crippen LogP contribution is 2.16. The van der Waals surface area contributed by atoms with Crippen LogP contribution in [-0.4, -0.2) is 79.1 Å². The van der Waals surface area contributed by atoms with Crippen molar-refractivity contribution in [2.24, 2.45) is 10.7 Å². The van der Waals surface area contributed by atoms with E-state index < -0.39 is 0 Å². The van der Waals surface area contributed by atoms with Crippen molar-refractivity contribution in [1.82, 2.24) is 9.80 Å². The molecule has 3 rings (SSSR count). The van der Waals surface area contributed by atoms with E-state index in [9.17, 15) is 0 Å². The Morgan fingerprint density at radius 3 is 2.36 bits per heavy atom. The van der Waals surface area contributed by atoms with E-state index >= 15 is 0 Å². The van der Waals surface area contributed by atoms with Gasteiger partial charge in [0.25, 0.3) is 0 Å². The number of rotatable bonds is 4. The van der Waals surface area contributed by atoms with E-state index in [4.69, 9.17) is 5.73 Å². The SMILES string of the molecule is CC(CN=C(N)N1CCSCC1)N1CCN(c2ccccc2)CC1.I. The van der Waals surface area contributed by atoms with Crippen molar-refractivity contribution in [2.75, 3.05) is 62.2 Å². The van der Waals surface area contributed by atoms with Gasteiger partial charge in [0.05, 0.1) is 6.54 Å². The number of nitrogens with zero attached hydrogens (tertiary/aromatic N) is 4. The Kier molecular flexibility index (Phi) is 8.65. The van der Waals surface area contributed by atoms with Gasteiger partial charge in [0.15, 0.2) is 5.96 Å². The number of nitrogens with two attached hydrogens (primary N) is 1. The van der Waals surface area contributed by atoms with E-state index in [1.54, 1.807) is 0 Å². The maximum absolute atomic E-state index is 6.16. The summed E-state index contributed by atoms with van der Waals surface area (Å²) in [6.07, 6.45) is 0. The molecule has 140 valence electrons. The van der Waals surface area contributed by atoms with E-state index in [1.807, 2.05) is 11.8 Å². The quantitative estimate of drug-likeness (QED) is 0.411. The topological polar surface area (TPSA) is 48.1 Å². The molecule has 0 spiro atoms. The van der Waals surface area contributed by atoms with Crippen molar-refractivity contribution in [1.29, 1.82) is 0 Å². The van der Waals surface area contributed by atoms with E-state index in [0.717, 1.165) is 63.3 Å². The maximum atomic E-state index is 6.16. The van der Waals surface area contributed by atoms with Crippen molar-refractivity contribution in [3.05, 3.63) is 30.3 Å². The number of hydrogen-bond donors (Lipinski definition) is 1. The molecule has 25 heavy (non-hydrogen) atoms. The van der Waals surface area contributed by atoms with Crippen LogP contribution in [0.25, 0.3) is 0 Å². The Morgan fingerprint density at radius 1 is 1.08 bits per heavy atom. The van der Waals surface area contributed by atoms with Crippen LogP contribution in [-0.2, 0) is 0 Å². The van der Waals surface area contributed by atoms with Gasteiger partial charge in [-0.05, 0) is 19.1 Å². The number of anilines is 1. The molecule has 0 bridgehead atoms. The van der Waals surface area contributed by atoms with Crippen molar-refractivity contribution in [3.8, 4) is 0 Å². The molecule has 2 aliphatic rings.